The number of halogens is 1. The van der Waals surface area contributed by atoms with E-state index in [4.69, 9.17) is 5.11 Å². The summed E-state index contributed by atoms with van der Waals surface area (Å²) in [5, 5.41) is 16.8. The average Bonchev–Trinajstić information content (AvgIpc) is 2.67. The van der Waals surface area contributed by atoms with Crippen molar-refractivity contribution in [1.82, 2.24) is 5.32 Å². The summed E-state index contributed by atoms with van der Waals surface area (Å²) >= 11 is 0. The molecule has 1 heterocycles. The summed E-state index contributed by atoms with van der Waals surface area (Å²) in [6, 6.07) is 11.0. The van der Waals surface area contributed by atoms with Gasteiger partial charge in [-0.05, 0) is 42.5 Å². The lowest BCUT2D eigenvalue weighted by Gasteiger charge is -2.21. The summed E-state index contributed by atoms with van der Waals surface area (Å²) in [6.07, 6.45) is 1.38. The third-order valence-electron chi connectivity index (χ3n) is 4.70. The number of aliphatic carboxylic acids is 1. The molecule has 1 aliphatic heterocycles. The summed E-state index contributed by atoms with van der Waals surface area (Å²) in [4.78, 5) is 34.8. The predicted octanol–water partition coefficient (Wildman–Crippen LogP) is 3.31. The summed E-state index contributed by atoms with van der Waals surface area (Å²) in [5.74, 6) is -1.78. The number of fused-ring (bicyclic) bond motifs is 1. The van der Waals surface area contributed by atoms with E-state index in [2.05, 4.69) is 16.0 Å². The summed E-state index contributed by atoms with van der Waals surface area (Å²) in [5.41, 5.74) is 2.12. The van der Waals surface area contributed by atoms with Crippen LogP contribution >= 0.6 is 0 Å². The van der Waals surface area contributed by atoms with Crippen molar-refractivity contribution in [2.75, 3.05) is 10.6 Å². The second-order valence-electron chi connectivity index (χ2n) is 6.95. The van der Waals surface area contributed by atoms with Gasteiger partial charge in [-0.1, -0.05) is 30.3 Å². The molecule has 8 heteroatoms. The molecule has 0 aliphatic carbocycles. The fourth-order valence-corrected chi connectivity index (χ4v) is 3.26. The quantitative estimate of drug-likeness (QED) is 0.573. The molecule has 0 fully saturated rings. The van der Waals surface area contributed by atoms with E-state index >= 15 is 0 Å². The van der Waals surface area contributed by atoms with Crippen molar-refractivity contribution in [3.8, 4) is 0 Å². The van der Waals surface area contributed by atoms with Crippen molar-refractivity contribution in [3.05, 3.63) is 59.4 Å². The first kappa shape index (κ1) is 20.3. The number of amides is 3. The van der Waals surface area contributed by atoms with Gasteiger partial charge in [-0.3, -0.25) is 9.59 Å². The molecule has 7 nitrogen and oxygen atoms in total. The van der Waals surface area contributed by atoms with E-state index in [1.807, 2.05) is 30.3 Å². The Bertz CT molecular complexity index is 918. The lowest BCUT2D eigenvalue weighted by molar-refractivity contribution is -0.137. The topological polar surface area (TPSA) is 108 Å². The number of carbonyl (C=O) groups excluding carboxylic acids is 2. The van der Waals surface area contributed by atoms with E-state index in [1.165, 1.54) is 12.1 Å². The van der Waals surface area contributed by atoms with Crippen molar-refractivity contribution in [1.29, 1.82) is 0 Å². The molecule has 3 amide bonds. The Morgan fingerprint density at radius 2 is 1.93 bits per heavy atom. The highest BCUT2D eigenvalue weighted by molar-refractivity contribution is 5.95. The van der Waals surface area contributed by atoms with E-state index in [0.29, 0.717) is 24.9 Å². The van der Waals surface area contributed by atoms with Crippen molar-refractivity contribution in [2.24, 2.45) is 0 Å². The molecular formula is C21H22FN3O4. The fourth-order valence-electron chi connectivity index (χ4n) is 3.26. The number of carbonyl (C=O) groups is 3. The number of aryl methyl sites for hydroxylation is 1. The van der Waals surface area contributed by atoms with Crippen LogP contribution in [0.15, 0.2) is 42.5 Å². The number of hydrogen-bond donors (Lipinski definition) is 4. The molecule has 29 heavy (non-hydrogen) atoms. The number of urea groups is 1. The van der Waals surface area contributed by atoms with Gasteiger partial charge in [0.1, 0.15) is 5.82 Å². The van der Waals surface area contributed by atoms with Crippen LogP contribution in [-0.2, 0) is 22.4 Å². The van der Waals surface area contributed by atoms with Crippen LogP contribution in [0.1, 0.15) is 30.4 Å². The van der Waals surface area contributed by atoms with Crippen molar-refractivity contribution < 1.29 is 23.9 Å². The number of anilines is 2. The lowest BCUT2D eigenvalue weighted by Crippen LogP contribution is -2.39. The zero-order valence-electron chi connectivity index (χ0n) is 15.7. The highest BCUT2D eigenvalue weighted by Crippen LogP contribution is 2.28. The molecule has 1 aliphatic rings. The minimum atomic E-state index is -0.951. The van der Waals surface area contributed by atoms with Crippen LogP contribution in [0, 0.1) is 5.82 Å². The molecule has 152 valence electrons. The summed E-state index contributed by atoms with van der Waals surface area (Å²) in [6.45, 7) is 0. The first-order chi connectivity index (χ1) is 13.9. The minimum Gasteiger partial charge on any atom is -0.481 e. The smallest absolute Gasteiger partial charge is 0.319 e. The number of carboxylic acid groups (broad SMARTS) is 1. The van der Waals surface area contributed by atoms with Crippen molar-refractivity contribution in [2.45, 2.75) is 38.1 Å². The van der Waals surface area contributed by atoms with Gasteiger partial charge in [-0.25, -0.2) is 9.18 Å². The van der Waals surface area contributed by atoms with Crippen molar-refractivity contribution >= 4 is 29.3 Å². The van der Waals surface area contributed by atoms with E-state index < -0.39 is 23.9 Å². The lowest BCUT2D eigenvalue weighted by atomic mass is 10.0. The van der Waals surface area contributed by atoms with Gasteiger partial charge in [0.25, 0.3) is 0 Å². The Hall–Kier alpha value is -3.42. The first-order valence-corrected chi connectivity index (χ1v) is 9.36. The van der Waals surface area contributed by atoms with Gasteiger partial charge in [0, 0.05) is 24.6 Å². The molecule has 1 atom stereocenters. The number of rotatable bonds is 7. The van der Waals surface area contributed by atoms with Gasteiger partial charge in [0.05, 0.1) is 5.69 Å². The Kier molecular flexibility index (Phi) is 6.43. The first-order valence-electron chi connectivity index (χ1n) is 9.36. The second-order valence-corrected chi connectivity index (χ2v) is 6.95. The van der Waals surface area contributed by atoms with Gasteiger partial charge < -0.3 is 21.1 Å². The highest BCUT2D eigenvalue weighted by Gasteiger charge is 2.20. The molecule has 4 N–H and O–H groups in total. The standard InChI is InChI=1S/C21H22FN3O4/c22-16-12-17-14(6-8-19(26)24-17)11-18(16)25-21(29)23-15(7-9-20(27)28)10-13-4-2-1-3-5-13/h1-5,11-12,15H,6-10H2,(H,24,26)(H,27,28)(H2,23,25,29). The molecule has 3 rings (SSSR count). The van der Waals surface area contributed by atoms with E-state index in [9.17, 15) is 18.8 Å². The van der Waals surface area contributed by atoms with E-state index in [-0.39, 0.29) is 24.4 Å². The molecule has 2 aromatic rings. The van der Waals surface area contributed by atoms with Gasteiger partial charge in [-0.15, -0.1) is 0 Å². The zero-order chi connectivity index (χ0) is 20.8. The van der Waals surface area contributed by atoms with E-state index in [0.717, 1.165) is 11.1 Å². The Morgan fingerprint density at radius 1 is 1.17 bits per heavy atom. The SMILES string of the molecule is O=C(O)CCC(Cc1ccccc1)NC(=O)Nc1cc2c(cc1F)NC(=O)CC2. The number of hydrogen-bond acceptors (Lipinski definition) is 3. The minimum absolute atomic E-state index is 0.00842. The average molecular weight is 399 g/mol. The molecule has 0 aromatic heterocycles. The third kappa shape index (κ3) is 5.78. The predicted molar refractivity (Wildman–Crippen MR) is 106 cm³/mol. The molecule has 1 unspecified atom stereocenters. The summed E-state index contributed by atoms with van der Waals surface area (Å²) in [7, 11) is 0. The van der Waals surface area contributed by atoms with Crippen LogP contribution in [0.3, 0.4) is 0 Å². The van der Waals surface area contributed by atoms with E-state index in [1.54, 1.807) is 0 Å². The molecular weight excluding hydrogens is 377 g/mol. The molecule has 0 saturated carbocycles. The van der Waals surface area contributed by atoms with Crippen LogP contribution in [0.2, 0.25) is 0 Å². The van der Waals surface area contributed by atoms with Crippen LogP contribution < -0.4 is 16.0 Å². The molecule has 0 bridgehead atoms. The van der Waals surface area contributed by atoms with Crippen LogP contribution in [0.5, 0.6) is 0 Å². The molecule has 0 spiro atoms. The number of nitrogens with one attached hydrogen (secondary N) is 3. The van der Waals surface area contributed by atoms with Crippen LogP contribution in [-0.4, -0.2) is 29.1 Å². The second kappa shape index (κ2) is 9.18. The Morgan fingerprint density at radius 3 is 2.66 bits per heavy atom. The van der Waals surface area contributed by atoms with Crippen molar-refractivity contribution in [3.63, 3.8) is 0 Å². The van der Waals surface area contributed by atoms with Gasteiger partial charge in [-0.2, -0.15) is 0 Å². The maximum absolute atomic E-state index is 14.3. The van der Waals surface area contributed by atoms with Gasteiger partial charge >= 0.3 is 12.0 Å². The highest BCUT2D eigenvalue weighted by atomic mass is 19.1. The zero-order valence-corrected chi connectivity index (χ0v) is 15.7. The fraction of sp³-hybridized carbons (Fsp3) is 0.286. The van der Waals surface area contributed by atoms with Gasteiger partial charge in [0.2, 0.25) is 5.91 Å². The van der Waals surface area contributed by atoms with Crippen LogP contribution in [0.4, 0.5) is 20.6 Å². The molecule has 2 aromatic carbocycles. The molecule has 0 saturated heterocycles. The monoisotopic (exact) mass is 399 g/mol. The molecule has 0 radical (unpaired) electrons. The Labute approximate surface area is 167 Å². The third-order valence-corrected chi connectivity index (χ3v) is 4.70. The number of carboxylic acids is 1. The normalized spacial score (nSPS) is 13.8. The van der Waals surface area contributed by atoms with Crippen LogP contribution in [0.25, 0.3) is 0 Å². The number of benzene rings is 2. The maximum atomic E-state index is 14.3. The summed E-state index contributed by atoms with van der Waals surface area (Å²) < 4.78 is 14.3. The largest absolute Gasteiger partial charge is 0.481 e. The van der Waals surface area contributed by atoms with Gasteiger partial charge in [0.15, 0.2) is 0 Å². The maximum Gasteiger partial charge on any atom is 0.319 e. The Balaban J connectivity index is 1.67.